The lowest BCUT2D eigenvalue weighted by atomic mass is 10.3. The second-order valence-corrected chi connectivity index (χ2v) is 2.76. The number of ether oxygens (including phenoxy) is 1. The first-order valence-electron chi connectivity index (χ1n) is 3.81. The van der Waals surface area contributed by atoms with Crippen molar-refractivity contribution in [2.24, 2.45) is 7.05 Å². The fourth-order valence-corrected chi connectivity index (χ4v) is 1.20. The van der Waals surface area contributed by atoms with E-state index in [0.29, 0.717) is 6.61 Å². The molecule has 0 unspecified atom stereocenters. The molecule has 1 aromatic rings. The highest BCUT2D eigenvalue weighted by Crippen LogP contribution is 2.08. The monoisotopic (exact) mass is 167 g/mol. The Kier molecular flexibility index (Phi) is 2.65. The maximum atomic E-state index is 11.0. The lowest BCUT2D eigenvalue weighted by Crippen LogP contribution is -2.05. The number of methoxy groups -OCH3 is 1. The number of ketones is 1. The maximum absolute atomic E-state index is 11.0. The molecule has 66 valence electrons. The number of rotatable bonds is 3. The van der Waals surface area contributed by atoms with Crippen LogP contribution in [0.3, 0.4) is 0 Å². The third-order valence-electron chi connectivity index (χ3n) is 1.88. The van der Waals surface area contributed by atoms with Gasteiger partial charge in [-0.15, -0.1) is 0 Å². The van der Waals surface area contributed by atoms with E-state index in [1.54, 1.807) is 14.0 Å². The fourth-order valence-electron chi connectivity index (χ4n) is 1.20. The zero-order chi connectivity index (χ0) is 9.14. The van der Waals surface area contributed by atoms with E-state index in [0.717, 1.165) is 11.4 Å². The van der Waals surface area contributed by atoms with Crippen molar-refractivity contribution in [1.82, 2.24) is 4.57 Å². The van der Waals surface area contributed by atoms with Crippen LogP contribution in [0.5, 0.6) is 0 Å². The molecule has 0 radical (unpaired) electrons. The SMILES string of the molecule is COCc1ccc(C(C)=O)n1C. The van der Waals surface area contributed by atoms with Crippen molar-refractivity contribution >= 4 is 5.78 Å². The number of carbonyl (C=O) groups excluding carboxylic acids is 1. The standard InChI is InChI=1S/C9H13NO2/c1-7(11)9-5-4-8(6-12-3)10(9)2/h4-5H,6H2,1-3H3. The summed E-state index contributed by atoms with van der Waals surface area (Å²) in [6, 6.07) is 3.72. The van der Waals surface area contributed by atoms with Gasteiger partial charge in [0, 0.05) is 26.8 Å². The smallest absolute Gasteiger partial charge is 0.176 e. The topological polar surface area (TPSA) is 31.2 Å². The van der Waals surface area contributed by atoms with Crippen LogP contribution in [0.2, 0.25) is 0 Å². The molecule has 0 aromatic carbocycles. The van der Waals surface area contributed by atoms with Crippen molar-refractivity contribution in [3.05, 3.63) is 23.5 Å². The minimum atomic E-state index is 0.0832. The molecule has 3 nitrogen and oxygen atoms in total. The van der Waals surface area contributed by atoms with Crippen LogP contribution in [0.25, 0.3) is 0 Å². The highest BCUT2D eigenvalue weighted by molar-refractivity contribution is 5.92. The van der Waals surface area contributed by atoms with Crippen molar-refractivity contribution in [2.45, 2.75) is 13.5 Å². The van der Waals surface area contributed by atoms with Gasteiger partial charge in [0.2, 0.25) is 0 Å². The summed E-state index contributed by atoms with van der Waals surface area (Å²) in [7, 11) is 3.51. The summed E-state index contributed by atoms with van der Waals surface area (Å²) < 4.78 is 6.82. The van der Waals surface area contributed by atoms with Gasteiger partial charge in [0.15, 0.2) is 5.78 Å². The molecule has 1 rings (SSSR count). The van der Waals surface area contributed by atoms with Gasteiger partial charge >= 0.3 is 0 Å². The molecular weight excluding hydrogens is 154 g/mol. The Morgan fingerprint density at radius 1 is 1.58 bits per heavy atom. The second kappa shape index (κ2) is 3.54. The highest BCUT2D eigenvalue weighted by Gasteiger charge is 2.06. The Hall–Kier alpha value is -1.09. The average molecular weight is 167 g/mol. The summed E-state index contributed by atoms with van der Waals surface area (Å²) in [5.41, 5.74) is 1.74. The number of hydrogen-bond donors (Lipinski definition) is 0. The van der Waals surface area contributed by atoms with E-state index in [1.165, 1.54) is 0 Å². The Morgan fingerprint density at radius 2 is 2.25 bits per heavy atom. The molecule has 0 fully saturated rings. The summed E-state index contributed by atoms with van der Waals surface area (Å²) >= 11 is 0. The van der Waals surface area contributed by atoms with Gasteiger partial charge in [-0.25, -0.2) is 0 Å². The van der Waals surface area contributed by atoms with Gasteiger partial charge in [-0.3, -0.25) is 4.79 Å². The molecule has 0 N–H and O–H groups in total. The lowest BCUT2D eigenvalue weighted by molar-refractivity contribution is 0.100. The van der Waals surface area contributed by atoms with Crippen LogP contribution in [-0.4, -0.2) is 17.5 Å². The first-order chi connectivity index (χ1) is 5.66. The van der Waals surface area contributed by atoms with Crippen LogP contribution in [0.15, 0.2) is 12.1 Å². The van der Waals surface area contributed by atoms with Crippen molar-refractivity contribution in [2.75, 3.05) is 7.11 Å². The molecule has 1 aromatic heterocycles. The van der Waals surface area contributed by atoms with Crippen LogP contribution in [0.1, 0.15) is 23.1 Å². The van der Waals surface area contributed by atoms with Crippen molar-refractivity contribution in [3.8, 4) is 0 Å². The predicted molar refractivity (Wildman–Crippen MR) is 46.1 cm³/mol. The second-order valence-electron chi connectivity index (χ2n) is 2.76. The zero-order valence-electron chi connectivity index (χ0n) is 7.63. The summed E-state index contributed by atoms with van der Waals surface area (Å²) in [6.07, 6.45) is 0. The molecule has 0 aliphatic carbocycles. The Bertz CT molecular complexity index is 289. The lowest BCUT2D eigenvalue weighted by Gasteiger charge is -2.03. The first kappa shape index (κ1) is 9.00. The average Bonchev–Trinajstić information content (AvgIpc) is 2.34. The fraction of sp³-hybridized carbons (Fsp3) is 0.444. The van der Waals surface area contributed by atoms with E-state index in [9.17, 15) is 4.79 Å². The van der Waals surface area contributed by atoms with E-state index < -0.39 is 0 Å². The number of nitrogens with zero attached hydrogens (tertiary/aromatic N) is 1. The molecule has 0 saturated heterocycles. The minimum absolute atomic E-state index is 0.0832. The number of aromatic nitrogens is 1. The molecule has 0 aliphatic heterocycles. The highest BCUT2D eigenvalue weighted by atomic mass is 16.5. The number of hydrogen-bond acceptors (Lipinski definition) is 2. The molecule has 0 aliphatic rings. The van der Waals surface area contributed by atoms with Crippen molar-refractivity contribution in [1.29, 1.82) is 0 Å². The van der Waals surface area contributed by atoms with Gasteiger partial charge in [-0.2, -0.15) is 0 Å². The van der Waals surface area contributed by atoms with Crippen LogP contribution < -0.4 is 0 Å². The summed E-state index contributed by atoms with van der Waals surface area (Å²) in [4.78, 5) is 11.0. The zero-order valence-corrected chi connectivity index (χ0v) is 7.63. The van der Waals surface area contributed by atoms with Gasteiger partial charge in [0.05, 0.1) is 12.3 Å². The third kappa shape index (κ3) is 1.56. The van der Waals surface area contributed by atoms with Crippen molar-refractivity contribution in [3.63, 3.8) is 0 Å². The molecule has 0 saturated carbocycles. The molecule has 3 heteroatoms. The Balaban J connectivity index is 2.96. The van der Waals surface area contributed by atoms with Gasteiger partial charge in [0.1, 0.15) is 0 Å². The predicted octanol–water partition coefficient (Wildman–Crippen LogP) is 1.37. The summed E-state index contributed by atoms with van der Waals surface area (Å²) in [6.45, 7) is 2.11. The molecule has 0 atom stereocenters. The van der Waals surface area contributed by atoms with E-state index >= 15 is 0 Å². The van der Waals surface area contributed by atoms with Crippen molar-refractivity contribution < 1.29 is 9.53 Å². The summed E-state index contributed by atoms with van der Waals surface area (Å²) in [5.74, 6) is 0.0832. The first-order valence-corrected chi connectivity index (χ1v) is 3.81. The molecule has 12 heavy (non-hydrogen) atoms. The van der Waals surface area contributed by atoms with Gasteiger partial charge in [0.25, 0.3) is 0 Å². The van der Waals surface area contributed by atoms with Crippen LogP contribution in [0.4, 0.5) is 0 Å². The van der Waals surface area contributed by atoms with Gasteiger partial charge in [-0.05, 0) is 12.1 Å². The number of carbonyl (C=O) groups is 1. The number of Topliss-reactive ketones (excluding diaryl/α,β-unsaturated/α-hetero) is 1. The maximum Gasteiger partial charge on any atom is 0.176 e. The van der Waals surface area contributed by atoms with E-state index in [-0.39, 0.29) is 5.78 Å². The molecule has 0 bridgehead atoms. The Morgan fingerprint density at radius 3 is 2.67 bits per heavy atom. The van der Waals surface area contributed by atoms with Crippen LogP contribution >= 0.6 is 0 Å². The molecular formula is C9H13NO2. The van der Waals surface area contributed by atoms with Crippen LogP contribution in [0, 0.1) is 0 Å². The van der Waals surface area contributed by atoms with Crippen LogP contribution in [-0.2, 0) is 18.4 Å². The normalized spacial score (nSPS) is 10.2. The summed E-state index contributed by atoms with van der Waals surface area (Å²) in [5, 5.41) is 0. The van der Waals surface area contributed by atoms with Gasteiger partial charge in [-0.1, -0.05) is 0 Å². The molecule has 0 spiro atoms. The molecule has 0 amide bonds. The minimum Gasteiger partial charge on any atom is -0.378 e. The van der Waals surface area contributed by atoms with Gasteiger partial charge < -0.3 is 9.30 Å². The quantitative estimate of drug-likeness (QED) is 0.637. The van der Waals surface area contributed by atoms with E-state index in [1.807, 2.05) is 23.7 Å². The van der Waals surface area contributed by atoms with E-state index in [2.05, 4.69) is 0 Å². The Labute approximate surface area is 72.0 Å². The molecule has 1 heterocycles. The largest absolute Gasteiger partial charge is 0.378 e. The van der Waals surface area contributed by atoms with E-state index in [4.69, 9.17) is 4.74 Å². The third-order valence-corrected chi connectivity index (χ3v) is 1.88.